The van der Waals surface area contributed by atoms with Crippen LogP contribution in [0.1, 0.15) is 24.1 Å². The Morgan fingerprint density at radius 1 is 1.48 bits per heavy atom. The maximum atomic E-state index is 12.8. The summed E-state index contributed by atoms with van der Waals surface area (Å²) in [6.07, 6.45) is 5.04. The van der Waals surface area contributed by atoms with Gasteiger partial charge in [0.2, 0.25) is 0 Å². The average molecular weight is 325 g/mol. The van der Waals surface area contributed by atoms with Gasteiger partial charge in [-0.15, -0.1) is 0 Å². The van der Waals surface area contributed by atoms with Gasteiger partial charge in [-0.05, 0) is 31.4 Å². The lowest BCUT2D eigenvalue weighted by Crippen LogP contribution is -2.32. The molecule has 0 bridgehead atoms. The van der Waals surface area contributed by atoms with Crippen LogP contribution in [0.3, 0.4) is 0 Å². The van der Waals surface area contributed by atoms with E-state index in [9.17, 15) is 13.2 Å². The van der Waals surface area contributed by atoms with Crippen molar-refractivity contribution < 1.29 is 8.42 Å². The highest BCUT2D eigenvalue weighted by atomic mass is 32.2. The van der Waals surface area contributed by atoms with Crippen LogP contribution < -0.4 is 4.87 Å². The van der Waals surface area contributed by atoms with Gasteiger partial charge in [0.1, 0.15) is 0 Å². The predicted octanol–water partition coefficient (Wildman–Crippen LogP) is 1.49. The zero-order chi connectivity index (χ0) is 15.0. The monoisotopic (exact) mass is 325 g/mol. The van der Waals surface area contributed by atoms with E-state index in [1.54, 1.807) is 25.4 Å². The van der Waals surface area contributed by atoms with Crippen molar-refractivity contribution in [2.75, 3.05) is 0 Å². The van der Waals surface area contributed by atoms with Gasteiger partial charge >= 0.3 is 4.87 Å². The third-order valence-corrected chi connectivity index (χ3v) is 6.82. The lowest BCUT2D eigenvalue weighted by atomic mass is 10.3. The highest BCUT2D eigenvalue weighted by Gasteiger charge is 2.39. The van der Waals surface area contributed by atoms with E-state index in [1.807, 2.05) is 6.07 Å². The van der Waals surface area contributed by atoms with Gasteiger partial charge in [-0.1, -0.05) is 17.4 Å². The Kier molecular flexibility index (Phi) is 3.68. The minimum Gasteiger partial charge on any atom is -0.315 e. The van der Waals surface area contributed by atoms with Gasteiger partial charge < -0.3 is 4.98 Å². The molecule has 0 saturated heterocycles. The van der Waals surface area contributed by atoms with Crippen molar-refractivity contribution in [3.63, 3.8) is 0 Å². The molecule has 1 N–H and O–H groups in total. The second-order valence-electron chi connectivity index (χ2n) is 5.07. The largest absolute Gasteiger partial charge is 0.315 e. The fourth-order valence-electron chi connectivity index (χ4n) is 2.19. The number of nitrogens with zero attached hydrogens (tertiary/aromatic N) is 2. The highest BCUT2D eigenvalue weighted by molar-refractivity contribution is 7.91. The van der Waals surface area contributed by atoms with Crippen LogP contribution in [0.25, 0.3) is 0 Å². The lowest BCUT2D eigenvalue weighted by Gasteiger charge is -2.21. The van der Waals surface area contributed by atoms with Gasteiger partial charge in [0.15, 0.2) is 4.21 Å². The van der Waals surface area contributed by atoms with Crippen LogP contribution >= 0.6 is 11.3 Å². The smallest absolute Gasteiger partial charge is 0.305 e. The van der Waals surface area contributed by atoms with E-state index in [0.29, 0.717) is 5.69 Å². The van der Waals surface area contributed by atoms with Gasteiger partial charge in [0.25, 0.3) is 10.0 Å². The van der Waals surface area contributed by atoms with Crippen LogP contribution in [0.2, 0.25) is 0 Å². The number of rotatable bonds is 5. The fraction of sp³-hybridized carbons (Fsp3) is 0.385. The summed E-state index contributed by atoms with van der Waals surface area (Å²) in [7, 11) is -3.65. The van der Waals surface area contributed by atoms with Gasteiger partial charge in [0, 0.05) is 30.7 Å². The van der Waals surface area contributed by atoms with Crippen LogP contribution in [0.15, 0.2) is 33.5 Å². The Morgan fingerprint density at radius 3 is 2.76 bits per heavy atom. The van der Waals surface area contributed by atoms with Crippen LogP contribution in [-0.4, -0.2) is 28.7 Å². The number of sulfonamides is 1. The average Bonchev–Trinajstić information content (AvgIpc) is 3.21. The van der Waals surface area contributed by atoms with Crippen molar-refractivity contribution in [1.82, 2.24) is 14.3 Å². The molecule has 112 valence electrons. The summed E-state index contributed by atoms with van der Waals surface area (Å²) in [4.78, 5) is 17.6. The maximum Gasteiger partial charge on any atom is 0.305 e. The molecule has 0 spiro atoms. The first-order chi connectivity index (χ1) is 9.98. The van der Waals surface area contributed by atoms with Crippen molar-refractivity contribution in [1.29, 1.82) is 0 Å². The third-order valence-electron chi connectivity index (χ3n) is 3.34. The van der Waals surface area contributed by atoms with Crippen molar-refractivity contribution >= 4 is 21.4 Å². The summed E-state index contributed by atoms with van der Waals surface area (Å²) in [5.74, 6) is 0. The zero-order valence-electron chi connectivity index (χ0n) is 11.4. The fourth-order valence-corrected chi connectivity index (χ4v) is 5.27. The molecule has 1 aliphatic carbocycles. The molecular weight excluding hydrogens is 310 g/mol. The predicted molar refractivity (Wildman–Crippen MR) is 79.7 cm³/mol. The molecule has 21 heavy (non-hydrogen) atoms. The molecule has 1 fully saturated rings. The summed E-state index contributed by atoms with van der Waals surface area (Å²) < 4.78 is 27.2. The molecule has 0 aromatic carbocycles. The summed E-state index contributed by atoms with van der Waals surface area (Å²) >= 11 is 0.749. The summed E-state index contributed by atoms with van der Waals surface area (Å²) in [5.41, 5.74) is 1.25. The molecule has 6 nitrogen and oxygen atoms in total. The molecule has 2 aromatic rings. The van der Waals surface area contributed by atoms with E-state index in [4.69, 9.17) is 0 Å². The molecule has 0 unspecified atom stereocenters. The van der Waals surface area contributed by atoms with E-state index in [0.717, 1.165) is 29.7 Å². The number of aromatic nitrogens is 2. The van der Waals surface area contributed by atoms with Gasteiger partial charge in [-0.2, -0.15) is 4.31 Å². The quantitative estimate of drug-likeness (QED) is 0.903. The summed E-state index contributed by atoms with van der Waals surface area (Å²) in [5, 5.41) is 0. The van der Waals surface area contributed by atoms with E-state index in [1.165, 1.54) is 4.31 Å². The Morgan fingerprint density at radius 2 is 2.24 bits per heavy atom. The van der Waals surface area contributed by atoms with Gasteiger partial charge in [-0.25, -0.2) is 8.42 Å². The van der Waals surface area contributed by atoms with Crippen molar-refractivity contribution in [3.05, 3.63) is 45.5 Å². The van der Waals surface area contributed by atoms with Crippen molar-refractivity contribution in [2.24, 2.45) is 0 Å². The molecule has 8 heteroatoms. The van der Waals surface area contributed by atoms with Crippen LogP contribution in [0.4, 0.5) is 0 Å². The first-order valence-electron chi connectivity index (χ1n) is 6.59. The van der Waals surface area contributed by atoms with E-state index < -0.39 is 10.0 Å². The van der Waals surface area contributed by atoms with Crippen molar-refractivity contribution in [3.8, 4) is 0 Å². The molecule has 1 aliphatic rings. The van der Waals surface area contributed by atoms with Crippen LogP contribution in [-0.2, 0) is 16.6 Å². The summed E-state index contributed by atoms with van der Waals surface area (Å²) in [6.45, 7) is 1.90. The molecule has 2 aromatic heterocycles. The number of thiazole rings is 1. The highest BCUT2D eigenvalue weighted by Crippen LogP contribution is 2.34. The van der Waals surface area contributed by atoms with Crippen molar-refractivity contribution in [2.45, 2.75) is 36.6 Å². The molecule has 0 amide bonds. The minimum absolute atomic E-state index is 0.0202. The summed E-state index contributed by atoms with van der Waals surface area (Å²) in [6, 6.07) is 3.66. The SMILES string of the molecule is Cc1[nH]c(=O)sc1S(=O)(=O)N(Cc1cccnc1)C1CC1. The number of hydrogen-bond acceptors (Lipinski definition) is 5. The minimum atomic E-state index is -3.65. The molecule has 3 rings (SSSR count). The number of nitrogens with one attached hydrogen (secondary N) is 1. The number of aromatic amines is 1. The van der Waals surface area contributed by atoms with Crippen LogP contribution in [0, 0.1) is 6.92 Å². The standard InChI is InChI=1S/C13H15N3O3S2/c1-9-12(20-13(17)15-9)21(18,19)16(11-4-5-11)8-10-3-2-6-14-7-10/h2-3,6-7,11H,4-5,8H2,1H3,(H,15,17). The molecule has 0 radical (unpaired) electrons. The second-order valence-corrected chi connectivity index (χ2v) is 8.14. The first-order valence-corrected chi connectivity index (χ1v) is 8.84. The molecule has 1 saturated carbocycles. The molecule has 2 heterocycles. The Balaban J connectivity index is 1.97. The first kappa shape index (κ1) is 14.4. The third kappa shape index (κ3) is 2.92. The maximum absolute atomic E-state index is 12.8. The van der Waals surface area contributed by atoms with Gasteiger partial charge in [-0.3, -0.25) is 9.78 Å². The zero-order valence-corrected chi connectivity index (χ0v) is 13.1. The Bertz CT molecular complexity index is 792. The lowest BCUT2D eigenvalue weighted by molar-refractivity contribution is 0.399. The topological polar surface area (TPSA) is 83.1 Å². The number of hydrogen-bond donors (Lipinski definition) is 1. The van der Waals surface area contributed by atoms with Crippen LogP contribution in [0.5, 0.6) is 0 Å². The van der Waals surface area contributed by atoms with E-state index in [2.05, 4.69) is 9.97 Å². The number of pyridine rings is 1. The molecule has 0 atom stereocenters. The molecular formula is C13H15N3O3S2. The van der Waals surface area contributed by atoms with E-state index >= 15 is 0 Å². The second kappa shape index (κ2) is 5.36. The molecule has 0 aliphatic heterocycles. The number of H-pyrrole nitrogens is 1. The van der Waals surface area contributed by atoms with Gasteiger partial charge in [0.05, 0.1) is 0 Å². The Labute approximate surface area is 126 Å². The van der Waals surface area contributed by atoms with E-state index in [-0.39, 0.29) is 21.7 Å². The normalized spacial score (nSPS) is 15.5. The Hall–Kier alpha value is -1.51. The number of aryl methyl sites for hydroxylation is 1.